The van der Waals surface area contributed by atoms with Gasteiger partial charge < -0.3 is 20.1 Å². The van der Waals surface area contributed by atoms with E-state index in [9.17, 15) is 9.90 Å². The molecule has 1 unspecified atom stereocenters. The second-order valence-corrected chi connectivity index (χ2v) is 7.55. The zero-order chi connectivity index (χ0) is 20.0. The molecule has 0 aromatic carbocycles. The van der Waals surface area contributed by atoms with Crippen molar-refractivity contribution in [2.45, 2.75) is 31.9 Å². The van der Waals surface area contributed by atoms with Gasteiger partial charge in [-0.25, -0.2) is 14.5 Å². The fraction of sp³-hybridized carbons (Fsp3) is 0.400. The molecular weight excluding hydrogens is 372 g/mol. The van der Waals surface area contributed by atoms with Crippen LogP contribution in [0.25, 0.3) is 5.65 Å². The molecule has 1 fully saturated rings. The summed E-state index contributed by atoms with van der Waals surface area (Å²) < 4.78 is 7.46. The minimum absolute atomic E-state index is 0.0447. The molecule has 9 heteroatoms. The summed E-state index contributed by atoms with van der Waals surface area (Å²) in [5.41, 5.74) is 2.92. The lowest BCUT2D eigenvalue weighted by Gasteiger charge is -2.28. The first-order chi connectivity index (χ1) is 14.1. The number of aliphatic hydroxyl groups is 1. The molecule has 2 N–H and O–H groups in total. The van der Waals surface area contributed by atoms with E-state index in [-0.39, 0.29) is 25.1 Å². The highest BCUT2D eigenvalue weighted by Gasteiger charge is 2.31. The van der Waals surface area contributed by atoms with Crippen molar-refractivity contribution in [3.05, 3.63) is 47.4 Å². The quantitative estimate of drug-likeness (QED) is 0.591. The summed E-state index contributed by atoms with van der Waals surface area (Å²) in [4.78, 5) is 24.0. The highest BCUT2D eigenvalue weighted by Crippen LogP contribution is 2.39. The van der Waals surface area contributed by atoms with Gasteiger partial charge in [-0.15, -0.1) is 0 Å². The molecule has 2 aliphatic rings. The second kappa shape index (κ2) is 7.00. The fourth-order valence-electron chi connectivity index (χ4n) is 4.02. The standard InChI is InChI=1S/C20H22N6O3/c1-12-7-14-16-3-2-5-25(16)17-4-6-26-18(24-17)15(10-23-26)19(28)21-9-13(27)11-29-20(14)22-8-12/h4,6-8,10,13,16,27H,2-3,5,9,11H2,1H3,(H,21,28)/t13?,16-/m1/s1. The SMILES string of the molecule is Cc1cnc2c(c1)[C@H]1CCCN1c1ccn3ncc(c3n1)C(=O)NCC(O)CO2. The van der Waals surface area contributed by atoms with E-state index in [1.165, 1.54) is 6.20 Å². The summed E-state index contributed by atoms with van der Waals surface area (Å²) in [5.74, 6) is 0.980. The monoisotopic (exact) mass is 394 g/mol. The van der Waals surface area contributed by atoms with Crippen LogP contribution in [0.4, 0.5) is 5.82 Å². The Kier molecular flexibility index (Phi) is 4.31. The predicted octanol–water partition coefficient (Wildman–Crippen LogP) is 1.26. The van der Waals surface area contributed by atoms with Crippen LogP contribution in [-0.4, -0.2) is 56.4 Å². The number of aryl methyl sites for hydroxylation is 1. The van der Waals surface area contributed by atoms with Gasteiger partial charge in [-0.1, -0.05) is 0 Å². The average Bonchev–Trinajstić information content (AvgIpc) is 3.37. The predicted molar refractivity (Wildman–Crippen MR) is 105 cm³/mol. The number of β-amino-alcohol motifs (C(OH)–C–C–N with tert-alkyl or cyclic N) is 1. The van der Waals surface area contributed by atoms with Crippen molar-refractivity contribution in [3.8, 4) is 5.88 Å². The highest BCUT2D eigenvalue weighted by molar-refractivity contribution is 5.99. The molecular formula is C20H22N6O3. The Hall–Kier alpha value is -3.20. The molecule has 2 aliphatic heterocycles. The molecule has 2 bridgehead atoms. The van der Waals surface area contributed by atoms with Crippen LogP contribution >= 0.6 is 0 Å². The minimum atomic E-state index is -0.858. The van der Waals surface area contributed by atoms with Gasteiger partial charge in [0.1, 0.15) is 24.1 Å². The maximum atomic E-state index is 12.6. The molecule has 2 atom stereocenters. The van der Waals surface area contributed by atoms with Crippen LogP contribution in [0, 0.1) is 6.92 Å². The summed E-state index contributed by atoms with van der Waals surface area (Å²) >= 11 is 0. The lowest BCUT2D eigenvalue weighted by atomic mass is 10.0. The smallest absolute Gasteiger partial charge is 0.256 e. The van der Waals surface area contributed by atoms with Crippen LogP contribution in [0.5, 0.6) is 5.88 Å². The van der Waals surface area contributed by atoms with Crippen LogP contribution in [0.1, 0.15) is 40.4 Å². The Labute approximate surface area is 167 Å². The molecule has 9 nitrogen and oxygen atoms in total. The normalized spacial score (nSPS) is 22.0. The molecule has 3 aromatic heterocycles. The topological polar surface area (TPSA) is 105 Å². The number of hydrogen-bond acceptors (Lipinski definition) is 7. The summed E-state index contributed by atoms with van der Waals surface area (Å²) in [7, 11) is 0. The van der Waals surface area contributed by atoms with E-state index in [2.05, 4.69) is 26.4 Å². The van der Waals surface area contributed by atoms with E-state index >= 15 is 0 Å². The Morgan fingerprint density at radius 3 is 3.14 bits per heavy atom. The number of nitrogens with one attached hydrogen (secondary N) is 1. The van der Waals surface area contributed by atoms with Crippen LogP contribution in [0.2, 0.25) is 0 Å². The molecule has 0 radical (unpaired) electrons. The second-order valence-electron chi connectivity index (χ2n) is 7.55. The maximum absolute atomic E-state index is 12.6. The Morgan fingerprint density at radius 2 is 2.24 bits per heavy atom. The van der Waals surface area contributed by atoms with Gasteiger partial charge in [0.15, 0.2) is 5.65 Å². The number of anilines is 1. The molecule has 29 heavy (non-hydrogen) atoms. The van der Waals surface area contributed by atoms with Crippen LogP contribution in [0.3, 0.4) is 0 Å². The molecule has 5 heterocycles. The van der Waals surface area contributed by atoms with Gasteiger partial charge >= 0.3 is 0 Å². The van der Waals surface area contributed by atoms with Gasteiger partial charge in [0.25, 0.3) is 5.91 Å². The van der Waals surface area contributed by atoms with Crippen LogP contribution in [-0.2, 0) is 0 Å². The molecule has 0 saturated carbocycles. The maximum Gasteiger partial charge on any atom is 0.256 e. The summed E-state index contributed by atoms with van der Waals surface area (Å²) in [6, 6.07) is 4.07. The third-order valence-corrected chi connectivity index (χ3v) is 5.43. The number of aromatic nitrogens is 4. The third kappa shape index (κ3) is 3.17. The van der Waals surface area contributed by atoms with Gasteiger partial charge in [-0.2, -0.15) is 5.10 Å². The van der Waals surface area contributed by atoms with Gasteiger partial charge in [0.05, 0.1) is 12.2 Å². The number of amides is 1. The summed E-state index contributed by atoms with van der Waals surface area (Å²) in [6.07, 6.45) is 6.18. The molecule has 150 valence electrons. The molecule has 5 rings (SSSR count). The van der Waals surface area contributed by atoms with E-state index < -0.39 is 6.10 Å². The van der Waals surface area contributed by atoms with Crippen molar-refractivity contribution < 1.29 is 14.6 Å². The number of ether oxygens (including phenoxy) is 1. The summed E-state index contributed by atoms with van der Waals surface area (Å²) in [6.45, 7) is 2.96. The first-order valence-corrected chi connectivity index (χ1v) is 9.77. The molecule has 0 aliphatic carbocycles. The van der Waals surface area contributed by atoms with Crippen molar-refractivity contribution in [1.29, 1.82) is 0 Å². The van der Waals surface area contributed by atoms with Gasteiger partial charge in [-0.3, -0.25) is 4.79 Å². The minimum Gasteiger partial charge on any atom is -0.475 e. The number of nitrogens with zero attached hydrogens (tertiary/aromatic N) is 5. The van der Waals surface area contributed by atoms with Crippen molar-refractivity contribution in [1.82, 2.24) is 24.9 Å². The number of pyridine rings is 1. The Morgan fingerprint density at radius 1 is 1.34 bits per heavy atom. The first-order valence-electron chi connectivity index (χ1n) is 9.77. The Balaban J connectivity index is 1.66. The summed E-state index contributed by atoms with van der Waals surface area (Å²) in [5, 5.41) is 17.2. The van der Waals surface area contributed by atoms with Crippen molar-refractivity contribution >= 4 is 17.4 Å². The van der Waals surface area contributed by atoms with E-state index in [1.807, 2.05) is 19.2 Å². The average molecular weight is 394 g/mol. The van der Waals surface area contributed by atoms with Crippen LogP contribution < -0.4 is 15.0 Å². The van der Waals surface area contributed by atoms with Gasteiger partial charge in [0, 0.05) is 31.0 Å². The fourth-order valence-corrected chi connectivity index (χ4v) is 4.02. The van der Waals surface area contributed by atoms with E-state index in [0.717, 1.165) is 36.3 Å². The van der Waals surface area contributed by atoms with Gasteiger partial charge in [0.2, 0.25) is 5.88 Å². The van der Waals surface area contributed by atoms with E-state index in [0.29, 0.717) is 17.1 Å². The first kappa shape index (κ1) is 17.9. The Bertz CT molecular complexity index is 1080. The van der Waals surface area contributed by atoms with Crippen molar-refractivity contribution in [3.63, 3.8) is 0 Å². The van der Waals surface area contributed by atoms with E-state index in [1.54, 1.807) is 10.7 Å². The lowest BCUT2D eigenvalue weighted by Crippen LogP contribution is -2.35. The third-order valence-electron chi connectivity index (χ3n) is 5.43. The van der Waals surface area contributed by atoms with Crippen molar-refractivity contribution in [2.75, 3.05) is 24.6 Å². The highest BCUT2D eigenvalue weighted by atomic mass is 16.5. The molecule has 3 aromatic rings. The largest absolute Gasteiger partial charge is 0.475 e. The lowest BCUT2D eigenvalue weighted by molar-refractivity contribution is 0.0835. The number of hydrogen-bond donors (Lipinski definition) is 2. The van der Waals surface area contributed by atoms with E-state index in [4.69, 9.17) is 9.72 Å². The molecule has 0 spiro atoms. The zero-order valence-electron chi connectivity index (χ0n) is 16.1. The number of fused-ring (bicyclic) bond motifs is 5. The number of carbonyl (C=O) groups excluding carboxylic acids is 1. The number of aliphatic hydroxyl groups excluding tert-OH is 1. The zero-order valence-corrected chi connectivity index (χ0v) is 16.1. The number of rotatable bonds is 0. The van der Waals surface area contributed by atoms with Crippen LogP contribution in [0.15, 0.2) is 30.7 Å². The van der Waals surface area contributed by atoms with Crippen molar-refractivity contribution in [2.24, 2.45) is 0 Å². The molecule has 1 amide bonds. The molecule has 1 saturated heterocycles. The number of carbonyl (C=O) groups is 1. The van der Waals surface area contributed by atoms with Gasteiger partial charge in [-0.05, 0) is 37.5 Å².